The first-order valence-electron chi connectivity index (χ1n) is 7.09. The Morgan fingerprint density at radius 2 is 2.13 bits per heavy atom. The third-order valence-electron chi connectivity index (χ3n) is 3.69. The van der Waals surface area contributed by atoms with Crippen molar-refractivity contribution >= 4 is 11.6 Å². The molecular formula is C15H14F2N4O2. The fourth-order valence-corrected chi connectivity index (χ4v) is 2.56. The number of carbonyl (C=O) groups is 1. The molecule has 1 unspecified atom stereocenters. The average Bonchev–Trinajstić information content (AvgIpc) is 2.96. The van der Waals surface area contributed by atoms with Crippen LogP contribution in [0.1, 0.15) is 16.9 Å². The molecule has 2 aromatic rings. The summed E-state index contributed by atoms with van der Waals surface area (Å²) in [5, 5.41) is 8.63. The topological polar surface area (TPSA) is 78.1 Å². The maximum Gasteiger partial charge on any atom is 0.271 e. The summed E-state index contributed by atoms with van der Waals surface area (Å²) in [4.78, 5) is 24.7. The van der Waals surface area contributed by atoms with E-state index in [1.807, 2.05) is 0 Å². The zero-order valence-corrected chi connectivity index (χ0v) is 12.1. The number of benzene rings is 1. The lowest BCUT2D eigenvalue weighted by Gasteiger charge is -2.19. The van der Waals surface area contributed by atoms with Crippen molar-refractivity contribution in [3.8, 4) is 0 Å². The summed E-state index contributed by atoms with van der Waals surface area (Å²) in [5.41, 5.74) is 0.0294. The van der Waals surface area contributed by atoms with Crippen molar-refractivity contribution in [1.29, 1.82) is 0 Å². The number of anilines is 1. The Balaban J connectivity index is 1.64. The molecule has 1 aliphatic heterocycles. The molecule has 1 amide bonds. The number of nitrogens with zero attached hydrogens (tertiary/aromatic N) is 2. The van der Waals surface area contributed by atoms with Crippen molar-refractivity contribution in [3.05, 3.63) is 58.0 Å². The summed E-state index contributed by atoms with van der Waals surface area (Å²) in [6.07, 6.45) is 0.631. The molecule has 0 radical (unpaired) electrons. The van der Waals surface area contributed by atoms with Crippen LogP contribution in [0.2, 0.25) is 0 Å². The Morgan fingerprint density at radius 3 is 2.83 bits per heavy atom. The van der Waals surface area contributed by atoms with Gasteiger partial charge in [0.1, 0.15) is 17.3 Å². The monoisotopic (exact) mass is 320 g/mol. The molecule has 8 heteroatoms. The Kier molecular flexibility index (Phi) is 4.05. The van der Waals surface area contributed by atoms with E-state index in [1.54, 1.807) is 4.90 Å². The van der Waals surface area contributed by atoms with Crippen molar-refractivity contribution in [2.24, 2.45) is 0 Å². The van der Waals surface area contributed by atoms with Gasteiger partial charge in [0.05, 0.1) is 5.69 Å². The smallest absolute Gasteiger partial charge is 0.271 e. The first-order chi connectivity index (χ1) is 11.0. The van der Waals surface area contributed by atoms with Crippen LogP contribution in [0.3, 0.4) is 0 Å². The van der Waals surface area contributed by atoms with Gasteiger partial charge in [0.15, 0.2) is 0 Å². The average molecular weight is 320 g/mol. The maximum atomic E-state index is 13.8. The second kappa shape index (κ2) is 6.15. The van der Waals surface area contributed by atoms with Crippen LogP contribution in [0.15, 0.2) is 35.1 Å². The van der Waals surface area contributed by atoms with Crippen molar-refractivity contribution in [2.75, 3.05) is 18.0 Å². The van der Waals surface area contributed by atoms with Gasteiger partial charge in [-0.2, -0.15) is 5.10 Å². The van der Waals surface area contributed by atoms with Gasteiger partial charge >= 0.3 is 0 Å². The molecule has 0 spiro atoms. The van der Waals surface area contributed by atoms with Gasteiger partial charge in [-0.15, -0.1) is 0 Å². The van der Waals surface area contributed by atoms with Crippen molar-refractivity contribution in [3.63, 3.8) is 0 Å². The molecule has 1 aromatic heterocycles. The minimum atomic E-state index is -0.626. The molecule has 1 saturated heterocycles. The largest absolute Gasteiger partial charge is 0.367 e. The predicted octanol–water partition coefficient (Wildman–Crippen LogP) is 1.06. The highest BCUT2D eigenvalue weighted by Gasteiger charge is 2.26. The lowest BCUT2D eigenvalue weighted by Crippen LogP contribution is -2.38. The van der Waals surface area contributed by atoms with Crippen LogP contribution in [0.5, 0.6) is 0 Å². The SMILES string of the molecule is O=C(NC1CCN(c2ccc(F)cc2F)C1)c1ccc(=O)[nH]n1. The molecule has 0 bridgehead atoms. The maximum absolute atomic E-state index is 13.8. The van der Waals surface area contributed by atoms with Gasteiger partial charge in [-0.1, -0.05) is 0 Å². The minimum absolute atomic E-state index is 0.107. The fraction of sp³-hybridized carbons (Fsp3) is 0.267. The summed E-state index contributed by atoms with van der Waals surface area (Å²) in [5.74, 6) is -1.66. The van der Waals surface area contributed by atoms with E-state index < -0.39 is 17.5 Å². The van der Waals surface area contributed by atoms with E-state index in [2.05, 4.69) is 15.5 Å². The van der Waals surface area contributed by atoms with Gasteiger partial charge in [0.25, 0.3) is 11.5 Å². The Labute approximate surface area is 130 Å². The van der Waals surface area contributed by atoms with Crippen LogP contribution in [0, 0.1) is 11.6 Å². The van der Waals surface area contributed by atoms with Gasteiger partial charge < -0.3 is 10.2 Å². The standard InChI is InChI=1S/C15H14F2N4O2/c16-9-1-3-13(11(17)7-9)21-6-5-10(8-21)18-15(23)12-2-4-14(22)20-19-12/h1-4,7,10H,5-6,8H2,(H,18,23)(H,20,22). The summed E-state index contributed by atoms with van der Waals surface area (Å²) >= 11 is 0. The third-order valence-corrected chi connectivity index (χ3v) is 3.69. The van der Waals surface area contributed by atoms with Crippen molar-refractivity contribution < 1.29 is 13.6 Å². The zero-order valence-electron chi connectivity index (χ0n) is 12.1. The van der Waals surface area contributed by atoms with Gasteiger partial charge in [-0.05, 0) is 24.6 Å². The van der Waals surface area contributed by atoms with E-state index in [0.29, 0.717) is 25.2 Å². The number of halogens is 2. The van der Waals surface area contributed by atoms with Gasteiger partial charge in [0.2, 0.25) is 0 Å². The zero-order chi connectivity index (χ0) is 16.4. The number of rotatable bonds is 3. The highest BCUT2D eigenvalue weighted by Crippen LogP contribution is 2.24. The predicted molar refractivity (Wildman–Crippen MR) is 79.3 cm³/mol. The minimum Gasteiger partial charge on any atom is -0.367 e. The van der Waals surface area contributed by atoms with Gasteiger partial charge in [-0.25, -0.2) is 13.9 Å². The quantitative estimate of drug-likeness (QED) is 0.886. The fourth-order valence-electron chi connectivity index (χ4n) is 2.56. The molecular weight excluding hydrogens is 306 g/mol. The number of carbonyl (C=O) groups excluding carboxylic acids is 1. The molecule has 120 valence electrons. The van der Waals surface area contributed by atoms with Crippen LogP contribution < -0.4 is 15.8 Å². The number of aromatic amines is 1. The molecule has 1 aromatic carbocycles. The first-order valence-corrected chi connectivity index (χ1v) is 7.09. The van der Waals surface area contributed by atoms with E-state index in [-0.39, 0.29) is 17.3 Å². The molecule has 2 heterocycles. The number of hydrogen-bond donors (Lipinski definition) is 2. The third kappa shape index (κ3) is 3.36. The lowest BCUT2D eigenvalue weighted by atomic mass is 10.2. The normalized spacial score (nSPS) is 17.3. The van der Waals surface area contributed by atoms with E-state index >= 15 is 0 Å². The summed E-state index contributed by atoms with van der Waals surface area (Å²) in [6.45, 7) is 0.962. The lowest BCUT2D eigenvalue weighted by molar-refractivity contribution is 0.0934. The Bertz CT molecular complexity index is 773. The molecule has 1 fully saturated rings. The molecule has 1 aliphatic rings. The van der Waals surface area contributed by atoms with Gasteiger partial charge in [0, 0.05) is 31.3 Å². The van der Waals surface area contributed by atoms with Crippen molar-refractivity contribution in [1.82, 2.24) is 15.5 Å². The van der Waals surface area contributed by atoms with E-state index in [0.717, 1.165) is 6.07 Å². The van der Waals surface area contributed by atoms with Crippen LogP contribution in [0.4, 0.5) is 14.5 Å². The van der Waals surface area contributed by atoms with Crippen LogP contribution in [-0.4, -0.2) is 35.2 Å². The highest BCUT2D eigenvalue weighted by atomic mass is 19.1. The second-order valence-corrected chi connectivity index (χ2v) is 5.31. The molecule has 0 aliphatic carbocycles. The molecule has 2 N–H and O–H groups in total. The summed E-state index contributed by atoms with van der Waals surface area (Å²) < 4.78 is 26.7. The number of nitrogens with one attached hydrogen (secondary N) is 2. The van der Waals surface area contributed by atoms with E-state index in [4.69, 9.17) is 0 Å². The van der Waals surface area contributed by atoms with Crippen LogP contribution in [-0.2, 0) is 0 Å². The molecule has 6 nitrogen and oxygen atoms in total. The first kappa shape index (κ1) is 15.1. The van der Waals surface area contributed by atoms with Crippen molar-refractivity contribution in [2.45, 2.75) is 12.5 Å². The Morgan fingerprint density at radius 1 is 1.30 bits per heavy atom. The molecule has 23 heavy (non-hydrogen) atoms. The summed E-state index contributed by atoms with van der Waals surface area (Å²) in [6, 6.07) is 5.80. The number of hydrogen-bond acceptors (Lipinski definition) is 4. The molecule has 1 atom stereocenters. The Hall–Kier alpha value is -2.77. The van der Waals surface area contributed by atoms with E-state index in [1.165, 1.54) is 24.3 Å². The second-order valence-electron chi connectivity index (χ2n) is 5.31. The molecule has 3 rings (SSSR count). The number of aromatic nitrogens is 2. The van der Waals surface area contributed by atoms with E-state index in [9.17, 15) is 18.4 Å². The summed E-state index contributed by atoms with van der Waals surface area (Å²) in [7, 11) is 0. The highest BCUT2D eigenvalue weighted by molar-refractivity contribution is 5.92. The van der Waals surface area contributed by atoms with Crippen LogP contribution in [0.25, 0.3) is 0 Å². The number of amides is 1. The van der Waals surface area contributed by atoms with Crippen LogP contribution >= 0.6 is 0 Å². The molecule has 0 saturated carbocycles. The number of H-pyrrole nitrogens is 1. The van der Waals surface area contributed by atoms with Gasteiger partial charge in [-0.3, -0.25) is 9.59 Å².